The molecule has 0 aliphatic carbocycles. The molecule has 0 aliphatic rings. The third-order valence-electron chi connectivity index (χ3n) is 6.21. The summed E-state index contributed by atoms with van der Waals surface area (Å²) in [5.41, 5.74) is 1.60. The molecule has 1 N–H and O–H groups in total. The molecule has 0 bridgehead atoms. The number of sulfonamides is 1. The third kappa shape index (κ3) is 7.84. The maximum atomic E-state index is 14.0. The predicted octanol–water partition coefficient (Wildman–Crippen LogP) is 5.80. The maximum absolute atomic E-state index is 14.0. The molecule has 10 heteroatoms. The van der Waals surface area contributed by atoms with E-state index in [0.717, 1.165) is 14.3 Å². The van der Waals surface area contributed by atoms with E-state index in [9.17, 15) is 18.0 Å². The topological polar surface area (TPSA) is 86.8 Å². The van der Waals surface area contributed by atoms with E-state index in [1.165, 1.54) is 17.0 Å². The van der Waals surface area contributed by atoms with Gasteiger partial charge in [0.15, 0.2) is 0 Å². The van der Waals surface area contributed by atoms with Gasteiger partial charge in [0.2, 0.25) is 11.8 Å². The molecule has 0 unspecified atom stereocenters. The molecule has 0 saturated heterocycles. The van der Waals surface area contributed by atoms with Crippen LogP contribution < -0.4 is 9.62 Å². The van der Waals surface area contributed by atoms with E-state index >= 15 is 0 Å². The van der Waals surface area contributed by atoms with Crippen molar-refractivity contribution in [3.8, 4) is 0 Å². The van der Waals surface area contributed by atoms with Crippen LogP contribution in [0.5, 0.6) is 0 Å². The lowest BCUT2D eigenvalue weighted by molar-refractivity contribution is -0.139. The van der Waals surface area contributed by atoms with E-state index in [1.54, 1.807) is 50.2 Å². The largest absolute Gasteiger partial charge is 0.354 e. The van der Waals surface area contributed by atoms with Crippen LogP contribution in [0.25, 0.3) is 0 Å². The molecule has 208 valence electrons. The van der Waals surface area contributed by atoms with Crippen LogP contribution in [0.4, 0.5) is 5.69 Å². The molecular formula is C29H33BrClN3O4S. The Hall–Kier alpha value is -2.88. The van der Waals surface area contributed by atoms with Crippen molar-refractivity contribution in [2.24, 2.45) is 5.92 Å². The number of amides is 2. The minimum Gasteiger partial charge on any atom is -0.354 e. The van der Waals surface area contributed by atoms with Crippen LogP contribution in [-0.2, 0) is 26.2 Å². The van der Waals surface area contributed by atoms with Gasteiger partial charge in [0.1, 0.15) is 12.6 Å². The van der Waals surface area contributed by atoms with Crippen molar-refractivity contribution in [1.29, 1.82) is 0 Å². The van der Waals surface area contributed by atoms with Crippen LogP contribution in [0.1, 0.15) is 31.9 Å². The minimum absolute atomic E-state index is 0.0402. The van der Waals surface area contributed by atoms with Crippen LogP contribution in [0.3, 0.4) is 0 Å². The van der Waals surface area contributed by atoms with Crippen LogP contribution >= 0.6 is 27.5 Å². The fourth-order valence-corrected chi connectivity index (χ4v) is 6.08. The maximum Gasteiger partial charge on any atom is 0.264 e. The fraction of sp³-hybridized carbons (Fsp3) is 0.310. The quantitative estimate of drug-likeness (QED) is 0.289. The minimum atomic E-state index is -4.15. The number of hydrogen-bond donors (Lipinski definition) is 1. The van der Waals surface area contributed by atoms with Crippen molar-refractivity contribution in [1.82, 2.24) is 10.2 Å². The number of hydrogen-bond acceptors (Lipinski definition) is 4. The normalized spacial score (nSPS) is 12.2. The number of rotatable bonds is 11. The first-order chi connectivity index (χ1) is 18.4. The summed E-state index contributed by atoms with van der Waals surface area (Å²) in [5, 5.41) is 3.26. The van der Waals surface area contributed by atoms with Crippen molar-refractivity contribution >= 4 is 55.1 Å². The molecule has 0 aliphatic heterocycles. The molecule has 39 heavy (non-hydrogen) atoms. The number of carbonyl (C=O) groups excluding carboxylic acids is 2. The number of halogens is 2. The highest BCUT2D eigenvalue weighted by molar-refractivity contribution is 9.10. The van der Waals surface area contributed by atoms with E-state index in [4.69, 9.17) is 11.6 Å². The van der Waals surface area contributed by atoms with Crippen LogP contribution in [0.15, 0.2) is 82.2 Å². The molecular weight excluding hydrogens is 602 g/mol. The fourth-order valence-electron chi connectivity index (χ4n) is 3.97. The summed E-state index contributed by atoms with van der Waals surface area (Å²) >= 11 is 9.80. The van der Waals surface area contributed by atoms with Crippen molar-refractivity contribution in [3.05, 3.63) is 93.4 Å². The van der Waals surface area contributed by atoms with Crippen molar-refractivity contribution < 1.29 is 18.0 Å². The smallest absolute Gasteiger partial charge is 0.264 e. The highest BCUT2D eigenvalue weighted by atomic mass is 79.9. The molecule has 0 saturated carbocycles. The zero-order chi connectivity index (χ0) is 28.7. The first-order valence-corrected chi connectivity index (χ1v) is 15.2. The van der Waals surface area contributed by atoms with Crippen LogP contribution in [-0.4, -0.2) is 44.3 Å². The van der Waals surface area contributed by atoms with E-state index in [2.05, 4.69) is 21.2 Å². The predicted molar refractivity (Wildman–Crippen MR) is 159 cm³/mol. The van der Waals surface area contributed by atoms with Gasteiger partial charge >= 0.3 is 0 Å². The molecule has 3 aromatic carbocycles. The first kappa shape index (κ1) is 30.7. The lowest BCUT2D eigenvalue weighted by atomic mass is 10.1. The van der Waals surface area contributed by atoms with E-state index < -0.39 is 28.5 Å². The molecule has 3 rings (SSSR count). The first-order valence-electron chi connectivity index (χ1n) is 12.6. The third-order valence-corrected chi connectivity index (χ3v) is 8.89. The van der Waals surface area contributed by atoms with Crippen molar-refractivity contribution in [2.45, 2.75) is 45.2 Å². The van der Waals surface area contributed by atoms with Gasteiger partial charge in [-0.1, -0.05) is 77.8 Å². The van der Waals surface area contributed by atoms with Gasteiger partial charge in [0.25, 0.3) is 10.0 Å². The second-order valence-electron chi connectivity index (χ2n) is 9.68. The Labute approximate surface area is 244 Å². The van der Waals surface area contributed by atoms with Gasteiger partial charge in [-0.2, -0.15) is 0 Å². The Bertz CT molecular complexity index is 1420. The van der Waals surface area contributed by atoms with Crippen LogP contribution in [0.2, 0.25) is 5.02 Å². The van der Waals surface area contributed by atoms with Crippen LogP contribution in [0, 0.1) is 12.8 Å². The van der Waals surface area contributed by atoms with Gasteiger partial charge in [-0.05, 0) is 67.3 Å². The second-order valence-corrected chi connectivity index (χ2v) is 12.9. The number of nitrogens with one attached hydrogen (secondary N) is 1. The highest BCUT2D eigenvalue weighted by Gasteiger charge is 2.33. The molecule has 0 heterocycles. The van der Waals surface area contributed by atoms with E-state index in [0.29, 0.717) is 22.8 Å². The lowest BCUT2D eigenvalue weighted by Gasteiger charge is -2.32. The summed E-state index contributed by atoms with van der Waals surface area (Å²) in [5.74, 6) is -0.614. The number of nitrogens with zero attached hydrogens (tertiary/aromatic N) is 2. The summed E-state index contributed by atoms with van der Waals surface area (Å²) in [4.78, 5) is 28.5. The molecule has 0 radical (unpaired) electrons. The SMILES string of the molecule is Cc1c(Cl)cccc1N(CC(=O)N(Cc1cccc(Br)c1)[C@@H](C)C(=O)NCC(C)C)S(=O)(=O)c1ccccc1. The lowest BCUT2D eigenvalue weighted by Crippen LogP contribution is -2.51. The summed E-state index contributed by atoms with van der Waals surface area (Å²) < 4.78 is 29.6. The molecule has 0 fully saturated rings. The molecule has 3 aromatic rings. The average Bonchev–Trinajstić information content (AvgIpc) is 2.90. The summed E-state index contributed by atoms with van der Waals surface area (Å²) in [6.07, 6.45) is 0. The zero-order valence-electron chi connectivity index (χ0n) is 22.4. The van der Waals surface area contributed by atoms with Gasteiger partial charge in [-0.25, -0.2) is 8.42 Å². The Morgan fingerprint density at radius 2 is 1.64 bits per heavy atom. The Kier molecular flexibility index (Phi) is 10.6. The average molecular weight is 635 g/mol. The summed E-state index contributed by atoms with van der Waals surface area (Å²) in [7, 11) is -4.15. The number of carbonyl (C=O) groups is 2. The zero-order valence-corrected chi connectivity index (χ0v) is 25.6. The Balaban J connectivity index is 2.04. The molecule has 0 spiro atoms. The van der Waals surface area contributed by atoms with Crippen molar-refractivity contribution in [2.75, 3.05) is 17.4 Å². The van der Waals surface area contributed by atoms with Gasteiger partial charge in [-0.15, -0.1) is 0 Å². The van der Waals surface area contributed by atoms with Crippen molar-refractivity contribution in [3.63, 3.8) is 0 Å². The monoisotopic (exact) mass is 633 g/mol. The van der Waals surface area contributed by atoms with Gasteiger partial charge in [0, 0.05) is 22.6 Å². The van der Waals surface area contributed by atoms with Gasteiger partial charge < -0.3 is 10.2 Å². The Morgan fingerprint density at radius 3 is 2.28 bits per heavy atom. The summed E-state index contributed by atoms with van der Waals surface area (Å²) in [6.45, 7) is 7.36. The standard InChI is InChI=1S/C29H33BrClN3O4S/c1-20(2)17-32-29(36)22(4)33(18-23-10-8-11-24(30)16-23)28(35)19-34(27-15-9-14-26(31)21(27)3)39(37,38)25-12-6-5-7-13-25/h5-16,20,22H,17-19H2,1-4H3,(H,32,36)/t22-/m0/s1. The van der Waals surface area contributed by atoms with Gasteiger partial charge in [-0.3, -0.25) is 13.9 Å². The summed E-state index contributed by atoms with van der Waals surface area (Å²) in [6, 6.07) is 19.4. The number of anilines is 1. The molecule has 0 aromatic heterocycles. The molecule has 2 amide bonds. The second kappa shape index (κ2) is 13.5. The number of benzene rings is 3. The molecule has 1 atom stereocenters. The Morgan fingerprint density at radius 1 is 0.974 bits per heavy atom. The van der Waals surface area contributed by atoms with Gasteiger partial charge in [0.05, 0.1) is 10.6 Å². The highest BCUT2D eigenvalue weighted by Crippen LogP contribution is 2.31. The van der Waals surface area contributed by atoms with E-state index in [-0.39, 0.29) is 23.3 Å². The molecule has 7 nitrogen and oxygen atoms in total. The van der Waals surface area contributed by atoms with E-state index in [1.807, 2.05) is 38.1 Å².